The molecule has 3 rings (SSSR count). The minimum atomic E-state index is 0.478. The van der Waals surface area contributed by atoms with Crippen molar-refractivity contribution in [1.82, 2.24) is 0 Å². The molecule has 0 amide bonds. The van der Waals surface area contributed by atoms with E-state index in [2.05, 4.69) is 48.6 Å². The number of hydrogen-bond acceptors (Lipinski definition) is 1. The molecule has 18 heavy (non-hydrogen) atoms. The van der Waals surface area contributed by atoms with Crippen molar-refractivity contribution in [2.24, 2.45) is 0 Å². The summed E-state index contributed by atoms with van der Waals surface area (Å²) in [6.07, 6.45) is 5.75. The van der Waals surface area contributed by atoms with E-state index in [1.54, 1.807) is 7.11 Å². The smallest absolute Gasteiger partial charge is 0.118 e. The second kappa shape index (κ2) is 4.69. The van der Waals surface area contributed by atoms with Crippen LogP contribution in [-0.4, -0.2) is 7.11 Å². The standard InChI is InChI=1S/C17H16O/c1-18-17-10-8-14(9-11-17)16-7-6-13-4-2-3-5-15(13)12-16/h2-6,8-12,16H,7H2,1H3. The number of benzene rings is 2. The van der Waals surface area contributed by atoms with Crippen molar-refractivity contribution in [3.05, 3.63) is 64.5 Å². The summed E-state index contributed by atoms with van der Waals surface area (Å²) < 4.78 is 5.19. The van der Waals surface area contributed by atoms with Gasteiger partial charge in [0.05, 0.1) is 7.11 Å². The zero-order valence-corrected chi connectivity index (χ0v) is 10.5. The van der Waals surface area contributed by atoms with Gasteiger partial charge in [0.1, 0.15) is 5.75 Å². The van der Waals surface area contributed by atoms with Gasteiger partial charge in [0.15, 0.2) is 0 Å². The molecule has 1 atom stereocenters. The molecule has 0 N–H and O–H groups in total. The highest BCUT2D eigenvalue weighted by Gasteiger charge is 2.09. The number of ether oxygens (including phenoxy) is 1. The average Bonchev–Trinajstić information content (AvgIpc) is 2.47. The van der Waals surface area contributed by atoms with Gasteiger partial charge in [0.2, 0.25) is 0 Å². The van der Waals surface area contributed by atoms with E-state index in [1.807, 2.05) is 12.1 Å². The van der Waals surface area contributed by atoms with Crippen molar-refractivity contribution >= 4 is 12.2 Å². The average molecular weight is 236 g/mol. The van der Waals surface area contributed by atoms with E-state index >= 15 is 0 Å². The Labute approximate surface area is 107 Å². The summed E-state index contributed by atoms with van der Waals surface area (Å²) >= 11 is 0. The maximum atomic E-state index is 5.19. The van der Waals surface area contributed by atoms with Crippen LogP contribution >= 0.6 is 0 Å². The van der Waals surface area contributed by atoms with Gasteiger partial charge >= 0.3 is 0 Å². The predicted octanol–water partition coefficient (Wildman–Crippen LogP) is 2.44. The summed E-state index contributed by atoms with van der Waals surface area (Å²) in [6, 6.07) is 16.9. The summed E-state index contributed by atoms with van der Waals surface area (Å²) in [6.45, 7) is 0. The fourth-order valence-corrected chi connectivity index (χ4v) is 2.47. The van der Waals surface area contributed by atoms with Gasteiger partial charge in [-0.25, -0.2) is 0 Å². The quantitative estimate of drug-likeness (QED) is 0.778. The van der Waals surface area contributed by atoms with E-state index in [0.717, 1.165) is 12.2 Å². The Balaban J connectivity index is 1.97. The Hall–Kier alpha value is -2.02. The topological polar surface area (TPSA) is 9.23 Å². The Morgan fingerprint density at radius 2 is 1.67 bits per heavy atom. The van der Waals surface area contributed by atoms with E-state index in [0.29, 0.717) is 5.92 Å². The third kappa shape index (κ3) is 2.04. The minimum absolute atomic E-state index is 0.478. The van der Waals surface area contributed by atoms with Crippen LogP contribution in [0.2, 0.25) is 0 Å². The number of rotatable bonds is 2. The molecule has 0 bridgehead atoms. The maximum Gasteiger partial charge on any atom is 0.118 e. The van der Waals surface area contributed by atoms with Crippen LogP contribution in [0.25, 0.3) is 12.2 Å². The summed E-state index contributed by atoms with van der Waals surface area (Å²) in [5, 5.41) is 2.69. The van der Waals surface area contributed by atoms with Crippen LogP contribution < -0.4 is 15.2 Å². The number of hydrogen-bond donors (Lipinski definition) is 0. The first kappa shape index (κ1) is 11.1. The van der Waals surface area contributed by atoms with Gasteiger partial charge in [-0.15, -0.1) is 0 Å². The van der Waals surface area contributed by atoms with Crippen LogP contribution in [-0.2, 0) is 0 Å². The molecule has 0 radical (unpaired) electrons. The van der Waals surface area contributed by atoms with Crippen LogP contribution in [0, 0.1) is 0 Å². The number of fused-ring (bicyclic) bond motifs is 1. The fourth-order valence-electron chi connectivity index (χ4n) is 2.47. The van der Waals surface area contributed by atoms with Gasteiger partial charge in [0.25, 0.3) is 0 Å². The van der Waals surface area contributed by atoms with Crippen LogP contribution in [0.1, 0.15) is 17.9 Å². The molecule has 0 spiro atoms. The highest BCUT2D eigenvalue weighted by molar-refractivity contribution is 5.49. The normalized spacial score (nSPS) is 17.3. The molecule has 1 nitrogen and oxygen atoms in total. The zero-order chi connectivity index (χ0) is 12.4. The largest absolute Gasteiger partial charge is 0.497 e. The first-order valence-electron chi connectivity index (χ1n) is 6.28. The molecule has 1 aliphatic carbocycles. The third-order valence-corrected chi connectivity index (χ3v) is 3.51. The molecule has 0 saturated heterocycles. The molecule has 2 aromatic rings. The second-order valence-corrected chi connectivity index (χ2v) is 4.62. The second-order valence-electron chi connectivity index (χ2n) is 4.62. The van der Waals surface area contributed by atoms with Gasteiger partial charge in [-0.2, -0.15) is 0 Å². The lowest BCUT2D eigenvalue weighted by molar-refractivity contribution is 0.414. The lowest BCUT2D eigenvalue weighted by Crippen LogP contribution is -2.27. The summed E-state index contributed by atoms with van der Waals surface area (Å²) in [4.78, 5) is 0. The van der Waals surface area contributed by atoms with Crippen molar-refractivity contribution < 1.29 is 4.74 Å². The van der Waals surface area contributed by atoms with Gasteiger partial charge < -0.3 is 4.74 Å². The van der Waals surface area contributed by atoms with Crippen molar-refractivity contribution in [1.29, 1.82) is 0 Å². The molecule has 1 heteroatoms. The SMILES string of the molecule is COc1ccc(C2C=c3ccccc3=CC2)cc1. The molecular weight excluding hydrogens is 220 g/mol. The molecule has 0 fully saturated rings. The molecular formula is C17H16O. The van der Waals surface area contributed by atoms with E-state index in [-0.39, 0.29) is 0 Å². The van der Waals surface area contributed by atoms with Crippen LogP contribution in [0.3, 0.4) is 0 Å². The van der Waals surface area contributed by atoms with E-state index in [9.17, 15) is 0 Å². The van der Waals surface area contributed by atoms with Crippen LogP contribution in [0.15, 0.2) is 48.5 Å². The molecule has 0 aliphatic heterocycles. The lowest BCUT2D eigenvalue weighted by Gasteiger charge is -2.14. The van der Waals surface area contributed by atoms with Crippen molar-refractivity contribution in [2.75, 3.05) is 7.11 Å². The van der Waals surface area contributed by atoms with Crippen molar-refractivity contribution in [3.63, 3.8) is 0 Å². The third-order valence-electron chi connectivity index (χ3n) is 3.51. The Bertz CT molecular complexity index is 653. The van der Waals surface area contributed by atoms with E-state index in [1.165, 1.54) is 16.0 Å². The summed E-state index contributed by atoms with van der Waals surface area (Å²) in [5.74, 6) is 1.39. The maximum absolute atomic E-state index is 5.19. The molecule has 2 aromatic carbocycles. The Morgan fingerprint density at radius 1 is 0.944 bits per heavy atom. The summed E-state index contributed by atoms with van der Waals surface area (Å²) in [5.41, 5.74) is 1.35. The first-order valence-corrected chi connectivity index (χ1v) is 6.28. The number of methoxy groups -OCH3 is 1. The molecule has 0 aromatic heterocycles. The molecule has 1 aliphatic rings. The van der Waals surface area contributed by atoms with E-state index in [4.69, 9.17) is 4.74 Å². The Kier molecular flexibility index (Phi) is 2.89. The molecule has 90 valence electrons. The van der Waals surface area contributed by atoms with Crippen molar-refractivity contribution in [2.45, 2.75) is 12.3 Å². The zero-order valence-electron chi connectivity index (χ0n) is 10.5. The van der Waals surface area contributed by atoms with Crippen LogP contribution in [0.5, 0.6) is 5.75 Å². The lowest BCUT2D eigenvalue weighted by atomic mass is 9.91. The molecule has 0 heterocycles. The monoisotopic (exact) mass is 236 g/mol. The highest BCUT2D eigenvalue weighted by atomic mass is 16.5. The molecule has 1 unspecified atom stereocenters. The van der Waals surface area contributed by atoms with Gasteiger partial charge in [-0.3, -0.25) is 0 Å². The fraction of sp³-hybridized carbons (Fsp3) is 0.176. The first-order chi connectivity index (χ1) is 8.86. The summed E-state index contributed by atoms with van der Waals surface area (Å²) in [7, 11) is 1.70. The van der Waals surface area contributed by atoms with Gasteiger partial charge in [0, 0.05) is 5.92 Å². The van der Waals surface area contributed by atoms with Crippen LogP contribution in [0.4, 0.5) is 0 Å². The van der Waals surface area contributed by atoms with Crippen molar-refractivity contribution in [3.8, 4) is 5.75 Å². The van der Waals surface area contributed by atoms with Gasteiger partial charge in [-0.05, 0) is 34.6 Å². The van der Waals surface area contributed by atoms with Gasteiger partial charge in [-0.1, -0.05) is 48.6 Å². The predicted molar refractivity (Wildman–Crippen MR) is 75.0 cm³/mol. The Morgan fingerprint density at radius 3 is 2.39 bits per heavy atom. The minimum Gasteiger partial charge on any atom is -0.497 e. The molecule has 0 saturated carbocycles. The van der Waals surface area contributed by atoms with E-state index < -0.39 is 0 Å². The highest BCUT2D eigenvalue weighted by Crippen LogP contribution is 2.24.